The Balaban J connectivity index is 0.849. The van der Waals surface area contributed by atoms with Gasteiger partial charge in [0.15, 0.2) is 0 Å². The van der Waals surface area contributed by atoms with E-state index in [-0.39, 0.29) is 0 Å². The number of anilines is 3. The lowest BCUT2D eigenvalue weighted by Gasteiger charge is -2.27. The average molecular weight is 881 g/mol. The summed E-state index contributed by atoms with van der Waals surface area (Å²) in [6.07, 6.45) is 0. The molecule has 0 amide bonds. The molecule has 2 aromatic heterocycles. The molecule has 0 bridgehead atoms. The van der Waals surface area contributed by atoms with Crippen LogP contribution in [0.15, 0.2) is 271 Å². The fourth-order valence-electron chi connectivity index (χ4n) is 10.2. The predicted molar refractivity (Wildman–Crippen MR) is 290 cm³/mol. The first-order valence-electron chi connectivity index (χ1n) is 23.6. The van der Waals surface area contributed by atoms with Gasteiger partial charge in [-0.15, -0.1) is 0 Å². The summed E-state index contributed by atoms with van der Waals surface area (Å²) >= 11 is 0. The van der Waals surface area contributed by atoms with Crippen LogP contribution in [0.2, 0.25) is 0 Å². The Hall–Kier alpha value is -9.18. The minimum Gasteiger partial charge on any atom is -0.456 e. The number of hydrogen-bond acceptors (Lipinski definition) is 2. The Morgan fingerprint density at radius 3 is 1.32 bits per heavy atom. The average Bonchev–Trinajstić information content (AvgIpc) is 3.97. The van der Waals surface area contributed by atoms with Gasteiger partial charge in [0, 0.05) is 44.3 Å². The standard InChI is InChI=1S/C66H44N2O/c1-2-14-45(15-3-1)49-16-10-17-50(40-49)52-19-12-21-56(42-52)67(57-22-13-20-53(43-57)54-36-39-62-61-26-6-9-29-65(61)69-66(62)44-54)55-37-34-47(35-38-55)46-30-32-48(33-31-46)51-18-11-23-58(41-51)68-63-27-7-4-24-59(63)60-25-5-8-28-64(60)68/h1-44H. The molecule has 0 aliphatic carbocycles. The van der Waals surface area contributed by atoms with Gasteiger partial charge in [-0.1, -0.05) is 182 Å². The number of hydrogen-bond donors (Lipinski definition) is 0. The van der Waals surface area contributed by atoms with Crippen molar-refractivity contribution in [3.05, 3.63) is 267 Å². The third kappa shape index (κ3) is 7.34. The molecular formula is C66H44N2O. The summed E-state index contributed by atoms with van der Waals surface area (Å²) < 4.78 is 8.71. The molecule has 0 N–H and O–H groups in total. The van der Waals surface area contributed by atoms with Gasteiger partial charge in [-0.2, -0.15) is 0 Å². The first-order valence-corrected chi connectivity index (χ1v) is 23.6. The summed E-state index contributed by atoms with van der Waals surface area (Å²) in [6, 6.07) is 96.1. The molecule has 69 heavy (non-hydrogen) atoms. The van der Waals surface area contributed by atoms with E-state index in [2.05, 4.69) is 264 Å². The van der Waals surface area contributed by atoms with Crippen molar-refractivity contribution in [2.24, 2.45) is 0 Å². The van der Waals surface area contributed by atoms with E-state index in [1.165, 1.54) is 55.2 Å². The van der Waals surface area contributed by atoms with Gasteiger partial charge in [-0.3, -0.25) is 0 Å². The van der Waals surface area contributed by atoms with Gasteiger partial charge in [0.2, 0.25) is 0 Å². The van der Waals surface area contributed by atoms with Crippen LogP contribution in [0.4, 0.5) is 17.1 Å². The number of benzene rings is 11. The van der Waals surface area contributed by atoms with Crippen LogP contribution in [-0.4, -0.2) is 4.57 Å². The van der Waals surface area contributed by atoms with Crippen LogP contribution in [0, 0.1) is 0 Å². The van der Waals surface area contributed by atoms with Gasteiger partial charge in [0.25, 0.3) is 0 Å². The highest BCUT2D eigenvalue weighted by atomic mass is 16.3. The molecule has 0 fully saturated rings. The van der Waals surface area contributed by atoms with E-state index >= 15 is 0 Å². The highest BCUT2D eigenvalue weighted by Crippen LogP contribution is 2.41. The van der Waals surface area contributed by atoms with Crippen LogP contribution in [-0.2, 0) is 0 Å². The van der Waals surface area contributed by atoms with Gasteiger partial charge in [-0.25, -0.2) is 0 Å². The van der Waals surface area contributed by atoms with Crippen molar-refractivity contribution in [1.82, 2.24) is 4.57 Å². The topological polar surface area (TPSA) is 21.3 Å². The lowest BCUT2D eigenvalue weighted by molar-refractivity contribution is 0.669. The molecule has 0 unspecified atom stereocenters. The van der Waals surface area contributed by atoms with Crippen LogP contribution in [0.1, 0.15) is 0 Å². The maximum Gasteiger partial charge on any atom is 0.136 e. The van der Waals surface area contributed by atoms with E-state index in [9.17, 15) is 0 Å². The minimum absolute atomic E-state index is 0.887. The number of para-hydroxylation sites is 3. The summed E-state index contributed by atoms with van der Waals surface area (Å²) in [6.45, 7) is 0. The quantitative estimate of drug-likeness (QED) is 0.144. The SMILES string of the molecule is c1ccc(-c2cccc(-c3cccc(N(c4ccc(-c5ccc(-c6cccc(-n7c8ccccc8c8ccccc87)c6)cc5)cc4)c4cccc(-c5ccc6c(c5)oc5ccccc56)c4)c3)c2)cc1. The lowest BCUT2D eigenvalue weighted by Crippen LogP contribution is -2.10. The largest absolute Gasteiger partial charge is 0.456 e. The number of rotatable bonds is 9. The van der Waals surface area contributed by atoms with E-state index in [4.69, 9.17) is 4.42 Å². The van der Waals surface area contributed by atoms with E-state index in [0.717, 1.165) is 66.9 Å². The molecule has 0 spiro atoms. The third-order valence-corrected chi connectivity index (χ3v) is 13.6. The number of fused-ring (bicyclic) bond motifs is 6. The molecule has 0 saturated carbocycles. The maximum atomic E-state index is 6.33. The second kappa shape index (κ2) is 16.9. The predicted octanol–water partition coefficient (Wildman–Crippen LogP) is 18.5. The number of furan rings is 1. The zero-order valence-electron chi connectivity index (χ0n) is 37.7. The molecule has 3 heteroatoms. The molecule has 0 aliphatic heterocycles. The number of nitrogens with zero attached hydrogens (tertiary/aromatic N) is 2. The molecule has 11 aromatic carbocycles. The first kappa shape index (κ1) is 40.1. The molecule has 13 aromatic rings. The summed E-state index contributed by atoms with van der Waals surface area (Å²) in [5.74, 6) is 0. The van der Waals surface area contributed by atoms with E-state index < -0.39 is 0 Å². The van der Waals surface area contributed by atoms with Gasteiger partial charge < -0.3 is 13.9 Å². The fraction of sp³-hybridized carbons (Fsp3) is 0. The van der Waals surface area contributed by atoms with Crippen LogP contribution in [0.5, 0.6) is 0 Å². The second-order valence-electron chi connectivity index (χ2n) is 17.7. The number of aromatic nitrogens is 1. The molecule has 2 heterocycles. The van der Waals surface area contributed by atoms with Crippen LogP contribution < -0.4 is 4.90 Å². The van der Waals surface area contributed by atoms with Crippen molar-refractivity contribution in [3.8, 4) is 61.3 Å². The zero-order chi connectivity index (χ0) is 45.7. The van der Waals surface area contributed by atoms with Crippen molar-refractivity contribution in [2.45, 2.75) is 0 Å². The summed E-state index contributed by atoms with van der Waals surface area (Å²) in [7, 11) is 0. The monoisotopic (exact) mass is 880 g/mol. The molecule has 3 nitrogen and oxygen atoms in total. The smallest absolute Gasteiger partial charge is 0.136 e. The van der Waals surface area contributed by atoms with Crippen LogP contribution in [0.25, 0.3) is 105 Å². The maximum absolute atomic E-state index is 6.33. The Kier molecular flexibility index (Phi) is 9.84. The Labute approximate surface area is 401 Å². The van der Waals surface area contributed by atoms with E-state index in [1.807, 2.05) is 12.1 Å². The normalized spacial score (nSPS) is 11.5. The highest BCUT2D eigenvalue weighted by Gasteiger charge is 2.17. The lowest BCUT2D eigenvalue weighted by atomic mass is 9.98. The third-order valence-electron chi connectivity index (χ3n) is 13.6. The Bertz CT molecular complexity index is 3960. The molecule has 324 valence electrons. The Morgan fingerprint density at radius 1 is 0.246 bits per heavy atom. The van der Waals surface area contributed by atoms with Crippen molar-refractivity contribution < 1.29 is 4.42 Å². The van der Waals surface area contributed by atoms with E-state index in [0.29, 0.717) is 0 Å². The fourth-order valence-corrected chi connectivity index (χ4v) is 10.2. The van der Waals surface area contributed by atoms with Crippen molar-refractivity contribution in [3.63, 3.8) is 0 Å². The molecule has 0 radical (unpaired) electrons. The Morgan fingerprint density at radius 2 is 0.667 bits per heavy atom. The van der Waals surface area contributed by atoms with Gasteiger partial charge in [-0.05, 0) is 141 Å². The van der Waals surface area contributed by atoms with Gasteiger partial charge >= 0.3 is 0 Å². The van der Waals surface area contributed by atoms with Crippen molar-refractivity contribution >= 4 is 60.8 Å². The summed E-state index contributed by atoms with van der Waals surface area (Å²) in [5, 5.41) is 4.79. The molecular weight excluding hydrogens is 837 g/mol. The molecule has 0 saturated heterocycles. The highest BCUT2D eigenvalue weighted by molar-refractivity contribution is 6.09. The minimum atomic E-state index is 0.887. The van der Waals surface area contributed by atoms with Crippen molar-refractivity contribution in [2.75, 3.05) is 4.90 Å². The molecule has 0 atom stereocenters. The second-order valence-corrected chi connectivity index (χ2v) is 17.7. The van der Waals surface area contributed by atoms with Crippen LogP contribution in [0.3, 0.4) is 0 Å². The van der Waals surface area contributed by atoms with Gasteiger partial charge in [0.05, 0.1) is 11.0 Å². The molecule has 0 aliphatic rings. The summed E-state index contributed by atoms with van der Waals surface area (Å²) in [4.78, 5) is 2.37. The first-order chi connectivity index (χ1) is 34.2. The molecule has 13 rings (SSSR count). The van der Waals surface area contributed by atoms with Crippen LogP contribution >= 0.6 is 0 Å². The van der Waals surface area contributed by atoms with Crippen molar-refractivity contribution in [1.29, 1.82) is 0 Å². The van der Waals surface area contributed by atoms with E-state index in [1.54, 1.807) is 0 Å². The van der Waals surface area contributed by atoms with Gasteiger partial charge in [0.1, 0.15) is 11.2 Å². The summed E-state index contributed by atoms with van der Waals surface area (Å²) in [5.41, 5.74) is 20.2. The zero-order valence-corrected chi connectivity index (χ0v) is 37.7.